The molecule has 7 amide bonds. The number of unbranched alkanes of at least 4 members (excludes halogenated alkanes) is 3. The van der Waals surface area contributed by atoms with E-state index in [9.17, 15) is 43.5 Å². The van der Waals surface area contributed by atoms with Gasteiger partial charge in [-0.25, -0.2) is 14.4 Å². The Morgan fingerprint density at radius 2 is 1.22 bits per heavy atom. The van der Waals surface area contributed by atoms with E-state index in [1.54, 1.807) is 60.6 Å². The molecular weight excluding hydrogens is 887 g/mol. The fourth-order valence-electron chi connectivity index (χ4n) is 7.58. The second kappa shape index (κ2) is 28.3. The molecule has 7 N–H and O–H groups in total. The maximum Gasteiger partial charge on any atom is 0.407 e. The van der Waals surface area contributed by atoms with Crippen LogP contribution in [0.5, 0.6) is 0 Å². The molecule has 1 aliphatic rings. The zero-order chi connectivity index (χ0) is 51.1. The molecule has 382 valence electrons. The maximum absolute atomic E-state index is 14.2. The lowest BCUT2D eigenvalue weighted by Crippen LogP contribution is -2.57. The summed E-state index contributed by atoms with van der Waals surface area (Å²) in [4.78, 5) is 105. The van der Waals surface area contributed by atoms with E-state index in [2.05, 4.69) is 63.1 Å². The number of aryl methyl sites for hydroxylation is 1. The molecule has 0 spiro atoms. The average Bonchev–Trinajstić information content (AvgIpc) is 3.78. The topological polar surface area (TPSA) is 251 Å². The number of rotatable bonds is 26. The number of benzene rings is 2. The van der Waals surface area contributed by atoms with E-state index in [4.69, 9.17) is 9.47 Å². The van der Waals surface area contributed by atoms with Gasteiger partial charge in [0.05, 0.1) is 0 Å². The van der Waals surface area contributed by atoms with Gasteiger partial charge in [0.1, 0.15) is 35.4 Å². The summed E-state index contributed by atoms with van der Waals surface area (Å²) in [6, 6.07) is 11.2. The van der Waals surface area contributed by atoms with E-state index in [0.717, 1.165) is 30.4 Å². The van der Waals surface area contributed by atoms with Crippen molar-refractivity contribution in [2.45, 2.75) is 174 Å². The zero-order valence-corrected chi connectivity index (χ0v) is 41.9. The van der Waals surface area contributed by atoms with Crippen LogP contribution in [0.4, 0.5) is 9.59 Å². The van der Waals surface area contributed by atoms with Gasteiger partial charge in [-0.1, -0.05) is 56.7 Å². The van der Waals surface area contributed by atoms with Crippen LogP contribution in [0.2, 0.25) is 0 Å². The standard InChI is InChI=1S/C51H77N7O11/c1-9-11-17-34-21-23-35(24-22-34)36-25-27-37(28-26-36)43(60)52-32-29-42(59)55-39(18-12-14-30-53-48(66)68-50(3,4)5)46(63)58-33-16-20-41(58)45(62)56-38(10-2)44(61)57-40(47(64)65)19-13-15-31-54-49(67)69-51(6,7)8/h21-28,38-41H,9-20,29-33H2,1-8H3,(H,52,60)(H,53,66)(H,54,67)(H,55,59)(H,56,62)(H,57,61)(H,64,65)/t38-,39-,40-,41-/m0/s1. The van der Waals surface area contributed by atoms with Gasteiger partial charge in [0.2, 0.25) is 23.6 Å². The number of hydrogen-bond acceptors (Lipinski definition) is 10. The molecule has 0 radical (unpaired) electrons. The summed E-state index contributed by atoms with van der Waals surface area (Å²) in [6.07, 6.45) is 4.83. The number of carboxylic acid groups (broad SMARTS) is 1. The Morgan fingerprint density at radius 3 is 1.74 bits per heavy atom. The number of amides is 7. The molecule has 2 aromatic rings. The Labute approximate surface area is 407 Å². The third kappa shape index (κ3) is 21.3. The molecule has 0 aliphatic carbocycles. The van der Waals surface area contributed by atoms with Crippen molar-refractivity contribution in [1.82, 2.24) is 36.8 Å². The predicted molar refractivity (Wildman–Crippen MR) is 262 cm³/mol. The second-order valence-corrected chi connectivity index (χ2v) is 19.4. The molecule has 1 aliphatic heterocycles. The van der Waals surface area contributed by atoms with Gasteiger partial charge in [0.25, 0.3) is 5.91 Å². The minimum atomic E-state index is -1.25. The summed E-state index contributed by atoms with van der Waals surface area (Å²) in [6.45, 7) is 15.0. The summed E-state index contributed by atoms with van der Waals surface area (Å²) in [5.74, 6) is -3.89. The molecule has 0 aromatic heterocycles. The van der Waals surface area contributed by atoms with Crippen LogP contribution in [0.25, 0.3) is 11.1 Å². The Bertz CT molecular complexity index is 2010. The van der Waals surface area contributed by atoms with Gasteiger partial charge in [0.15, 0.2) is 0 Å². The number of carbonyl (C=O) groups excluding carboxylic acids is 7. The summed E-state index contributed by atoms with van der Waals surface area (Å²) >= 11 is 0. The van der Waals surface area contributed by atoms with Crippen LogP contribution in [0.15, 0.2) is 48.5 Å². The molecule has 18 heteroatoms. The van der Waals surface area contributed by atoms with Crippen molar-refractivity contribution in [2.75, 3.05) is 26.2 Å². The van der Waals surface area contributed by atoms with E-state index in [1.807, 2.05) is 12.1 Å². The molecule has 3 rings (SSSR count). The number of aliphatic carboxylic acids is 1. The molecule has 1 saturated heterocycles. The van der Waals surface area contributed by atoms with E-state index < -0.39 is 77.2 Å². The summed E-state index contributed by atoms with van der Waals surface area (Å²) in [7, 11) is 0. The third-order valence-corrected chi connectivity index (χ3v) is 11.2. The fourth-order valence-corrected chi connectivity index (χ4v) is 7.58. The van der Waals surface area contributed by atoms with Crippen LogP contribution in [0, 0.1) is 0 Å². The van der Waals surface area contributed by atoms with Crippen molar-refractivity contribution >= 4 is 47.7 Å². The molecule has 69 heavy (non-hydrogen) atoms. The summed E-state index contributed by atoms with van der Waals surface area (Å²) < 4.78 is 10.5. The number of alkyl carbamates (subject to hydrolysis) is 2. The van der Waals surface area contributed by atoms with Crippen molar-refractivity contribution in [3.63, 3.8) is 0 Å². The van der Waals surface area contributed by atoms with Gasteiger partial charge < -0.3 is 51.4 Å². The first-order chi connectivity index (χ1) is 32.6. The van der Waals surface area contributed by atoms with E-state index in [-0.39, 0.29) is 57.8 Å². The molecule has 4 atom stereocenters. The minimum absolute atomic E-state index is 0.00435. The van der Waals surface area contributed by atoms with Crippen molar-refractivity contribution in [2.24, 2.45) is 0 Å². The SMILES string of the molecule is CCCCc1ccc(-c2ccc(C(=O)NCCC(=O)N[C@@H](CCCCNC(=O)OC(C)(C)C)C(=O)N3CCC[C@H]3C(=O)N[C@@H](CC)C(=O)N[C@@H](CCCCNC(=O)OC(C)(C)C)C(=O)O)cc2)cc1. The molecule has 1 heterocycles. The monoisotopic (exact) mass is 964 g/mol. The molecule has 0 unspecified atom stereocenters. The van der Waals surface area contributed by atoms with Gasteiger partial charge in [-0.15, -0.1) is 0 Å². The van der Waals surface area contributed by atoms with E-state index in [1.165, 1.54) is 10.5 Å². The predicted octanol–water partition coefficient (Wildman–Crippen LogP) is 6.15. The lowest BCUT2D eigenvalue weighted by atomic mass is 10.0. The maximum atomic E-state index is 14.2. The van der Waals surface area contributed by atoms with Gasteiger partial charge in [-0.05, 0) is 141 Å². The van der Waals surface area contributed by atoms with Crippen molar-refractivity contribution in [1.29, 1.82) is 0 Å². The number of carboxylic acids is 1. The quantitative estimate of drug-likeness (QED) is 0.0527. The van der Waals surface area contributed by atoms with E-state index in [0.29, 0.717) is 44.1 Å². The van der Waals surface area contributed by atoms with Crippen LogP contribution < -0.4 is 31.9 Å². The fraction of sp³-hybridized carbons (Fsp3) is 0.608. The smallest absolute Gasteiger partial charge is 0.407 e. The van der Waals surface area contributed by atoms with Crippen molar-refractivity contribution in [3.05, 3.63) is 59.7 Å². The number of hydrogen-bond donors (Lipinski definition) is 7. The van der Waals surface area contributed by atoms with Crippen LogP contribution in [0.1, 0.15) is 148 Å². The normalized spacial score (nSPS) is 14.9. The second-order valence-electron chi connectivity index (χ2n) is 19.4. The lowest BCUT2D eigenvalue weighted by Gasteiger charge is -2.30. The highest BCUT2D eigenvalue weighted by Crippen LogP contribution is 2.23. The van der Waals surface area contributed by atoms with Gasteiger partial charge in [0, 0.05) is 38.2 Å². The number of carbonyl (C=O) groups is 8. The van der Waals surface area contributed by atoms with Gasteiger partial charge >= 0.3 is 18.2 Å². The number of likely N-dealkylation sites (tertiary alicyclic amines) is 1. The Kier molecular flexibility index (Phi) is 23.5. The highest BCUT2D eigenvalue weighted by Gasteiger charge is 2.39. The van der Waals surface area contributed by atoms with Gasteiger partial charge in [-0.2, -0.15) is 0 Å². The third-order valence-electron chi connectivity index (χ3n) is 11.2. The first kappa shape index (κ1) is 57.1. The number of nitrogens with zero attached hydrogens (tertiary/aromatic N) is 1. The van der Waals surface area contributed by atoms with Crippen molar-refractivity contribution in [3.8, 4) is 11.1 Å². The first-order valence-corrected chi connectivity index (χ1v) is 24.4. The first-order valence-electron chi connectivity index (χ1n) is 24.4. The Morgan fingerprint density at radius 1 is 0.667 bits per heavy atom. The van der Waals surface area contributed by atoms with Crippen LogP contribution in [0.3, 0.4) is 0 Å². The summed E-state index contributed by atoms with van der Waals surface area (Å²) in [5, 5.41) is 25.9. The van der Waals surface area contributed by atoms with Crippen LogP contribution >= 0.6 is 0 Å². The molecule has 0 bridgehead atoms. The average molecular weight is 964 g/mol. The Balaban J connectivity index is 1.60. The molecular formula is C51H77N7O11. The molecule has 18 nitrogen and oxygen atoms in total. The Hall–Kier alpha value is -6.20. The summed E-state index contributed by atoms with van der Waals surface area (Å²) in [5.41, 5.74) is 2.38. The highest BCUT2D eigenvalue weighted by molar-refractivity contribution is 5.96. The highest BCUT2D eigenvalue weighted by atomic mass is 16.6. The van der Waals surface area contributed by atoms with Crippen LogP contribution in [-0.4, -0.2) is 119 Å². The molecule has 1 fully saturated rings. The van der Waals surface area contributed by atoms with Crippen molar-refractivity contribution < 1.29 is 52.9 Å². The minimum Gasteiger partial charge on any atom is -0.480 e. The molecule has 2 aromatic carbocycles. The number of nitrogens with one attached hydrogen (secondary N) is 6. The molecule has 0 saturated carbocycles. The van der Waals surface area contributed by atoms with Crippen LogP contribution in [-0.2, 0) is 39.9 Å². The largest absolute Gasteiger partial charge is 0.480 e. The van der Waals surface area contributed by atoms with E-state index >= 15 is 0 Å². The lowest BCUT2D eigenvalue weighted by molar-refractivity contribution is -0.143. The number of ether oxygens (including phenoxy) is 2. The zero-order valence-electron chi connectivity index (χ0n) is 41.9. The van der Waals surface area contributed by atoms with Gasteiger partial charge in [-0.3, -0.25) is 24.0 Å².